The standard InChI is InChI=1S/C76H58N8O8/c85-73(89-45-49-21-5-1-6-22-49)81-57-33-17-13-29-53(57)69-61-37-39-63(77-61)70(54-30-14-18-34-58(54)82-74(86)90-46-50-23-7-2-8-24-50)65-41-43-67(79-65)72(56-32-16-20-36-60(56)84-76(88)92-48-52-27-11-4-12-28-52)68-44-42-66(80-68)71(64-40-38-62(69)78-64)55-31-15-19-35-59(55)83-75(87)91-47-51-25-9-3-10-26-51/h1-44,77,80H,45-48H2,(H,81,85)(H,82,86)(H,83,87)(H,84,88). The Balaban J connectivity index is 1.04. The highest BCUT2D eigenvalue weighted by atomic mass is 16.6. The number of anilines is 4. The number of aromatic nitrogens is 4. The molecule has 5 heterocycles. The largest absolute Gasteiger partial charge is 0.444 e. The summed E-state index contributed by atoms with van der Waals surface area (Å²) in [4.78, 5) is 73.9. The maximum Gasteiger partial charge on any atom is 0.411 e. The number of H-pyrrole nitrogens is 2. The van der Waals surface area contributed by atoms with Crippen LogP contribution in [0.25, 0.3) is 90.9 Å². The SMILES string of the molecule is O=C(Nc1ccccc1-c1c2nc(c(-c3ccccc3NC(=O)OCc3ccccc3)c3ccc([nH]3)c(-c3ccccc3NC(=O)OCc3ccccc3)c3nc(c(-c4ccccc4NC(=O)OCc4ccccc4)c4ccc1[nH]4)C=C3)C=C2)OCc1ccccc1. The lowest BCUT2D eigenvalue weighted by molar-refractivity contribution is 0.154. The number of aromatic amines is 2. The van der Waals surface area contributed by atoms with Crippen molar-refractivity contribution in [1.29, 1.82) is 0 Å². The molecule has 16 heteroatoms. The molecule has 450 valence electrons. The summed E-state index contributed by atoms with van der Waals surface area (Å²) in [6.07, 6.45) is 4.98. The van der Waals surface area contributed by atoms with Crippen molar-refractivity contribution in [3.63, 3.8) is 0 Å². The third-order valence-corrected chi connectivity index (χ3v) is 15.3. The number of rotatable bonds is 16. The third kappa shape index (κ3) is 13.4. The minimum atomic E-state index is -0.666. The summed E-state index contributed by atoms with van der Waals surface area (Å²) in [5.74, 6) is 0. The Morgan fingerprint density at radius 1 is 0.272 bits per heavy atom. The second-order valence-electron chi connectivity index (χ2n) is 21.4. The summed E-state index contributed by atoms with van der Waals surface area (Å²) in [7, 11) is 0. The first-order valence-electron chi connectivity index (χ1n) is 29.7. The molecule has 0 aliphatic carbocycles. The van der Waals surface area contributed by atoms with Crippen molar-refractivity contribution in [3.05, 3.63) is 288 Å². The van der Waals surface area contributed by atoms with Crippen LogP contribution < -0.4 is 21.3 Å². The van der Waals surface area contributed by atoms with Gasteiger partial charge in [-0.15, -0.1) is 0 Å². The van der Waals surface area contributed by atoms with Crippen molar-refractivity contribution < 1.29 is 38.1 Å². The van der Waals surface area contributed by atoms with Crippen molar-refractivity contribution in [3.8, 4) is 44.5 Å². The van der Waals surface area contributed by atoms with Crippen LogP contribution in [-0.4, -0.2) is 44.3 Å². The zero-order valence-electron chi connectivity index (χ0n) is 49.4. The molecular formula is C76H58N8O8. The molecule has 8 bridgehead atoms. The Bertz CT molecular complexity index is 4200. The van der Waals surface area contributed by atoms with Crippen LogP contribution in [0.5, 0.6) is 0 Å². The van der Waals surface area contributed by atoms with Crippen LogP contribution in [0.1, 0.15) is 45.0 Å². The van der Waals surface area contributed by atoms with Gasteiger partial charge in [0.25, 0.3) is 0 Å². The maximum absolute atomic E-state index is 13.8. The average molecular weight is 1210 g/mol. The minimum absolute atomic E-state index is 0.0446. The van der Waals surface area contributed by atoms with Gasteiger partial charge in [0.05, 0.1) is 45.5 Å². The Morgan fingerprint density at radius 3 is 0.707 bits per heavy atom. The highest BCUT2D eigenvalue weighted by Crippen LogP contribution is 2.43. The summed E-state index contributed by atoms with van der Waals surface area (Å²) >= 11 is 0. The Morgan fingerprint density at radius 2 is 0.478 bits per heavy atom. The van der Waals surface area contributed by atoms with Crippen molar-refractivity contribution in [1.82, 2.24) is 19.9 Å². The number of fused-ring (bicyclic) bond motifs is 8. The second kappa shape index (κ2) is 27.2. The number of benzene rings is 8. The van der Waals surface area contributed by atoms with Crippen LogP contribution in [0.2, 0.25) is 0 Å². The monoisotopic (exact) mass is 1210 g/mol. The number of hydrogen-bond acceptors (Lipinski definition) is 10. The summed E-state index contributed by atoms with van der Waals surface area (Å²) in [6.45, 7) is 0.178. The molecule has 11 aromatic rings. The fourth-order valence-corrected chi connectivity index (χ4v) is 11.1. The maximum atomic E-state index is 13.8. The number of nitrogens with one attached hydrogen (secondary N) is 6. The second-order valence-corrected chi connectivity index (χ2v) is 21.4. The number of carbonyl (C=O) groups is 4. The van der Waals surface area contributed by atoms with Crippen LogP contribution in [0.4, 0.5) is 41.9 Å². The molecule has 16 nitrogen and oxygen atoms in total. The van der Waals surface area contributed by atoms with E-state index in [2.05, 4.69) is 31.2 Å². The van der Waals surface area contributed by atoms with E-state index in [9.17, 15) is 19.2 Å². The van der Waals surface area contributed by atoms with Gasteiger partial charge in [0, 0.05) is 66.6 Å². The van der Waals surface area contributed by atoms with Gasteiger partial charge in [-0.05, 0) is 95.1 Å². The molecule has 13 rings (SSSR count). The average Bonchev–Trinajstić information content (AvgIpc) is 1.65. The van der Waals surface area contributed by atoms with Gasteiger partial charge < -0.3 is 28.9 Å². The topological polar surface area (TPSA) is 211 Å². The van der Waals surface area contributed by atoms with Gasteiger partial charge in [0.2, 0.25) is 0 Å². The lowest BCUT2D eigenvalue weighted by Crippen LogP contribution is -2.14. The smallest absolute Gasteiger partial charge is 0.411 e. The molecule has 2 aliphatic rings. The fourth-order valence-electron chi connectivity index (χ4n) is 11.1. The quantitative estimate of drug-likeness (QED) is 0.0504. The van der Waals surface area contributed by atoms with Gasteiger partial charge in [-0.3, -0.25) is 21.3 Å². The van der Waals surface area contributed by atoms with Crippen molar-refractivity contribution >= 4 is 93.5 Å². The molecule has 92 heavy (non-hydrogen) atoms. The lowest BCUT2D eigenvalue weighted by Gasteiger charge is -2.14. The van der Waals surface area contributed by atoms with Gasteiger partial charge in [-0.25, -0.2) is 29.1 Å². The predicted octanol–water partition coefficient (Wildman–Crippen LogP) is 18.3. The number of para-hydroxylation sites is 4. The number of ether oxygens (including phenoxy) is 4. The van der Waals surface area contributed by atoms with Gasteiger partial charge in [-0.2, -0.15) is 0 Å². The van der Waals surface area contributed by atoms with Crippen LogP contribution in [0.15, 0.2) is 243 Å². The first-order chi connectivity index (χ1) is 45.2. The zero-order chi connectivity index (χ0) is 62.6. The van der Waals surface area contributed by atoms with E-state index in [0.717, 1.165) is 22.3 Å². The van der Waals surface area contributed by atoms with E-state index in [1.807, 2.05) is 243 Å². The lowest BCUT2D eigenvalue weighted by atomic mass is 10.0. The third-order valence-electron chi connectivity index (χ3n) is 15.3. The molecule has 0 unspecified atom stereocenters. The van der Waals surface area contributed by atoms with E-state index in [0.29, 0.717) is 112 Å². The van der Waals surface area contributed by atoms with Crippen molar-refractivity contribution in [2.75, 3.05) is 21.3 Å². The van der Waals surface area contributed by atoms with E-state index >= 15 is 0 Å². The Labute approximate surface area is 528 Å². The van der Waals surface area contributed by atoms with E-state index in [-0.39, 0.29) is 26.4 Å². The van der Waals surface area contributed by atoms with Gasteiger partial charge in [0.1, 0.15) is 26.4 Å². The van der Waals surface area contributed by atoms with Crippen molar-refractivity contribution in [2.45, 2.75) is 26.4 Å². The van der Waals surface area contributed by atoms with E-state index < -0.39 is 24.4 Å². The molecule has 0 spiro atoms. The summed E-state index contributed by atoms with van der Waals surface area (Å²) in [5.41, 5.74) is 14.3. The van der Waals surface area contributed by atoms with Gasteiger partial charge >= 0.3 is 24.4 Å². The fraction of sp³-hybridized carbons (Fsp3) is 0.0526. The molecule has 3 aromatic heterocycles. The van der Waals surface area contributed by atoms with E-state index in [1.54, 1.807) is 24.3 Å². The number of hydrogen-bond donors (Lipinski definition) is 6. The highest BCUT2D eigenvalue weighted by molar-refractivity contribution is 6.06. The summed E-state index contributed by atoms with van der Waals surface area (Å²) < 4.78 is 23.1. The molecule has 0 atom stereocenters. The van der Waals surface area contributed by atoms with Gasteiger partial charge in [0.15, 0.2) is 0 Å². The van der Waals surface area contributed by atoms with Crippen LogP contribution >= 0.6 is 0 Å². The van der Waals surface area contributed by atoms with E-state index in [1.165, 1.54) is 0 Å². The molecule has 0 saturated heterocycles. The molecule has 2 aliphatic heterocycles. The normalized spacial score (nSPS) is 11.3. The van der Waals surface area contributed by atoms with Crippen molar-refractivity contribution in [2.24, 2.45) is 0 Å². The van der Waals surface area contributed by atoms with Gasteiger partial charge in [-0.1, -0.05) is 194 Å². The molecule has 8 aromatic carbocycles. The van der Waals surface area contributed by atoms with E-state index in [4.69, 9.17) is 28.9 Å². The number of amides is 4. The first kappa shape index (κ1) is 58.5. The van der Waals surface area contributed by atoms with Crippen LogP contribution in [0, 0.1) is 0 Å². The highest BCUT2D eigenvalue weighted by Gasteiger charge is 2.24. The molecule has 0 fully saturated rings. The zero-order valence-corrected chi connectivity index (χ0v) is 49.4. The van der Waals surface area contributed by atoms with Crippen LogP contribution in [0.3, 0.4) is 0 Å². The van der Waals surface area contributed by atoms with Crippen LogP contribution in [-0.2, 0) is 45.4 Å². The molecule has 0 radical (unpaired) electrons. The summed E-state index contributed by atoms with van der Waals surface area (Å²) in [6, 6.07) is 75.2. The molecular weight excluding hydrogens is 1150 g/mol. The number of carbonyl (C=O) groups excluding carboxylic acids is 4. The minimum Gasteiger partial charge on any atom is -0.444 e. The Hall–Kier alpha value is -12.6. The number of nitrogens with zero attached hydrogens (tertiary/aromatic N) is 2. The molecule has 6 N–H and O–H groups in total. The summed E-state index contributed by atoms with van der Waals surface area (Å²) in [5, 5.41) is 12.1. The first-order valence-corrected chi connectivity index (χ1v) is 29.7. The molecule has 0 saturated carbocycles. The Kier molecular flexibility index (Phi) is 17.3. The molecule has 4 amide bonds. The predicted molar refractivity (Wildman–Crippen MR) is 362 cm³/mol.